The van der Waals surface area contributed by atoms with E-state index < -0.39 is 0 Å². The van der Waals surface area contributed by atoms with Crippen LogP contribution in [0.3, 0.4) is 0 Å². The van der Waals surface area contributed by atoms with Crippen LogP contribution in [0.5, 0.6) is 0 Å². The standard InChI is InChI=1S/C29H32BNO2/c1-21-19-26(20-22-11-9-10-14-27(21)22)31(24-12-7-6-8-13-24)25-17-15-23(16-18-25)30-32-28(2,3)29(4,5)33-30/h6-18,20-21H,19H2,1-5H3. The van der Waals surface area contributed by atoms with Gasteiger partial charge in [-0.1, -0.05) is 61.5 Å². The monoisotopic (exact) mass is 437 g/mol. The van der Waals surface area contributed by atoms with Gasteiger partial charge in [-0.15, -0.1) is 0 Å². The summed E-state index contributed by atoms with van der Waals surface area (Å²) in [5.41, 5.74) is 6.69. The summed E-state index contributed by atoms with van der Waals surface area (Å²) >= 11 is 0. The lowest BCUT2D eigenvalue weighted by Gasteiger charge is -2.33. The molecule has 1 fully saturated rings. The van der Waals surface area contributed by atoms with Crippen LogP contribution in [0.2, 0.25) is 0 Å². The number of allylic oxidation sites excluding steroid dienone is 1. The van der Waals surface area contributed by atoms with Gasteiger partial charge in [-0.25, -0.2) is 0 Å². The summed E-state index contributed by atoms with van der Waals surface area (Å²) in [6, 6.07) is 28.0. The van der Waals surface area contributed by atoms with Gasteiger partial charge in [0.2, 0.25) is 0 Å². The van der Waals surface area contributed by atoms with Crippen LogP contribution in [-0.4, -0.2) is 18.3 Å². The highest BCUT2D eigenvalue weighted by Crippen LogP contribution is 2.40. The molecule has 0 bridgehead atoms. The molecule has 33 heavy (non-hydrogen) atoms. The van der Waals surface area contributed by atoms with Crippen LogP contribution >= 0.6 is 0 Å². The molecule has 0 N–H and O–H groups in total. The molecule has 3 aromatic carbocycles. The van der Waals surface area contributed by atoms with Crippen molar-refractivity contribution in [1.82, 2.24) is 0 Å². The van der Waals surface area contributed by atoms with Crippen molar-refractivity contribution in [2.24, 2.45) is 0 Å². The van der Waals surface area contributed by atoms with Gasteiger partial charge in [0.05, 0.1) is 11.2 Å². The molecule has 0 amide bonds. The van der Waals surface area contributed by atoms with E-state index in [1.54, 1.807) is 0 Å². The van der Waals surface area contributed by atoms with Crippen molar-refractivity contribution in [3.8, 4) is 0 Å². The maximum absolute atomic E-state index is 6.26. The number of hydrogen-bond donors (Lipinski definition) is 0. The normalized spacial score (nSPS) is 20.8. The van der Waals surface area contributed by atoms with E-state index in [0.29, 0.717) is 5.92 Å². The maximum atomic E-state index is 6.26. The summed E-state index contributed by atoms with van der Waals surface area (Å²) in [7, 11) is -0.352. The number of nitrogens with zero attached hydrogens (tertiary/aromatic N) is 1. The van der Waals surface area contributed by atoms with Gasteiger partial charge in [0.25, 0.3) is 0 Å². The second kappa shape index (κ2) is 8.20. The van der Waals surface area contributed by atoms with Crippen LogP contribution in [0.15, 0.2) is 84.6 Å². The molecule has 0 spiro atoms. The van der Waals surface area contributed by atoms with Crippen LogP contribution < -0.4 is 10.4 Å². The van der Waals surface area contributed by atoms with E-state index in [9.17, 15) is 0 Å². The molecule has 3 aromatic rings. The van der Waals surface area contributed by atoms with Crippen molar-refractivity contribution >= 4 is 30.0 Å². The maximum Gasteiger partial charge on any atom is 0.494 e. The Morgan fingerprint density at radius 3 is 2.00 bits per heavy atom. The van der Waals surface area contributed by atoms with E-state index in [-0.39, 0.29) is 18.3 Å². The summed E-state index contributed by atoms with van der Waals surface area (Å²) in [5.74, 6) is 0.469. The Labute approximate surface area is 198 Å². The lowest BCUT2D eigenvalue weighted by Crippen LogP contribution is -2.41. The van der Waals surface area contributed by atoms with Gasteiger partial charge >= 0.3 is 7.12 Å². The van der Waals surface area contributed by atoms with E-state index in [0.717, 1.165) is 17.6 Å². The molecule has 1 saturated heterocycles. The van der Waals surface area contributed by atoms with E-state index >= 15 is 0 Å². The third kappa shape index (κ3) is 4.03. The SMILES string of the molecule is CC1CC(N(c2ccccc2)c2ccc(B3OC(C)(C)C(C)(C)O3)cc2)=Cc2ccccc21. The van der Waals surface area contributed by atoms with Crippen LogP contribution in [0.1, 0.15) is 58.1 Å². The number of anilines is 2. The first-order valence-electron chi connectivity index (χ1n) is 11.9. The predicted octanol–water partition coefficient (Wildman–Crippen LogP) is 6.67. The Kier molecular flexibility index (Phi) is 5.46. The highest BCUT2D eigenvalue weighted by atomic mass is 16.7. The third-order valence-electron chi connectivity index (χ3n) is 7.34. The fourth-order valence-electron chi connectivity index (χ4n) is 4.73. The fourth-order valence-corrected chi connectivity index (χ4v) is 4.73. The lowest BCUT2D eigenvalue weighted by atomic mass is 9.79. The summed E-state index contributed by atoms with van der Waals surface area (Å²) in [6.07, 6.45) is 3.33. The Balaban J connectivity index is 1.51. The predicted molar refractivity (Wildman–Crippen MR) is 138 cm³/mol. The molecule has 1 unspecified atom stereocenters. The minimum absolute atomic E-state index is 0.344. The van der Waals surface area contributed by atoms with E-state index in [1.807, 2.05) is 0 Å². The number of hydrogen-bond acceptors (Lipinski definition) is 3. The molecular formula is C29H32BNO2. The van der Waals surface area contributed by atoms with E-state index in [4.69, 9.17) is 9.31 Å². The molecule has 1 aliphatic carbocycles. The lowest BCUT2D eigenvalue weighted by molar-refractivity contribution is 0.00578. The number of para-hydroxylation sites is 1. The van der Waals surface area contributed by atoms with Crippen molar-refractivity contribution in [3.63, 3.8) is 0 Å². The summed E-state index contributed by atoms with van der Waals surface area (Å²) < 4.78 is 12.5. The van der Waals surface area contributed by atoms with Crippen LogP contribution in [0.25, 0.3) is 6.08 Å². The molecular weight excluding hydrogens is 405 g/mol. The number of rotatable bonds is 4. The van der Waals surface area contributed by atoms with Crippen LogP contribution in [-0.2, 0) is 9.31 Å². The summed E-state index contributed by atoms with van der Waals surface area (Å²) in [5, 5.41) is 0. The summed E-state index contributed by atoms with van der Waals surface area (Å²) in [4.78, 5) is 2.38. The zero-order valence-electron chi connectivity index (χ0n) is 20.2. The average molecular weight is 437 g/mol. The summed E-state index contributed by atoms with van der Waals surface area (Å²) in [6.45, 7) is 10.7. The zero-order chi connectivity index (χ0) is 23.2. The van der Waals surface area contributed by atoms with Gasteiger partial charge in [0.15, 0.2) is 0 Å². The Bertz CT molecular complexity index is 1150. The highest BCUT2D eigenvalue weighted by molar-refractivity contribution is 6.62. The molecule has 1 atom stereocenters. The quantitative estimate of drug-likeness (QED) is 0.426. The topological polar surface area (TPSA) is 21.7 Å². The van der Waals surface area contributed by atoms with Gasteiger partial charge < -0.3 is 14.2 Å². The van der Waals surface area contributed by atoms with Crippen molar-refractivity contribution in [2.75, 3.05) is 4.90 Å². The van der Waals surface area contributed by atoms with Gasteiger partial charge in [-0.05, 0) is 87.0 Å². The van der Waals surface area contributed by atoms with Gasteiger partial charge in [0.1, 0.15) is 0 Å². The average Bonchev–Trinajstić information content (AvgIpc) is 3.02. The number of benzene rings is 3. The first kappa shape index (κ1) is 22.0. The molecule has 3 nitrogen and oxygen atoms in total. The minimum atomic E-state index is -0.352. The highest BCUT2D eigenvalue weighted by Gasteiger charge is 2.51. The molecule has 1 aliphatic heterocycles. The Morgan fingerprint density at radius 2 is 1.33 bits per heavy atom. The molecule has 4 heteroatoms. The molecule has 0 aromatic heterocycles. The van der Waals surface area contributed by atoms with Crippen LogP contribution in [0, 0.1) is 0 Å². The van der Waals surface area contributed by atoms with Gasteiger partial charge in [0, 0.05) is 17.1 Å². The van der Waals surface area contributed by atoms with Crippen LogP contribution in [0.4, 0.5) is 11.4 Å². The van der Waals surface area contributed by atoms with E-state index in [1.165, 1.54) is 22.5 Å². The molecule has 2 aliphatic rings. The first-order chi connectivity index (χ1) is 15.7. The molecule has 5 rings (SSSR count). The molecule has 1 heterocycles. The Morgan fingerprint density at radius 1 is 0.758 bits per heavy atom. The molecule has 0 saturated carbocycles. The second-order valence-electron chi connectivity index (χ2n) is 10.2. The Hall–Kier alpha value is -2.82. The molecule has 168 valence electrons. The van der Waals surface area contributed by atoms with Crippen molar-refractivity contribution in [1.29, 1.82) is 0 Å². The largest absolute Gasteiger partial charge is 0.494 e. The fraction of sp³-hybridized carbons (Fsp3) is 0.310. The minimum Gasteiger partial charge on any atom is -0.399 e. The first-order valence-corrected chi connectivity index (χ1v) is 11.9. The third-order valence-corrected chi connectivity index (χ3v) is 7.34. The molecule has 0 radical (unpaired) electrons. The second-order valence-corrected chi connectivity index (χ2v) is 10.2. The number of fused-ring (bicyclic) bond motifs is 1. The zero-order valence-corrected chi connectivity index (χ0v) is 20.2. The smallest absolute Gasteiger partial charge is 0.399 e. The van der Waals surface area contributed by atoms with Gasteiger partial charge in [-0.2, -0.15) is 0 Å². The van der Waals surface area contributed by atoms with Crippen molar-refractivity contribution in [2.45, 2.75) is 58.2 Å². The van der Waals surface area contributed by atoms with Gasteiger partial charge in [-0.3, -0.25) is 0 Å². The van der Waals surface area contributed by atoms with Crippen molar-refractivity contribution in [3.05, 3.63) is 95.7 Å². The van der Waals surface area contributed by atoms with E-state index in [2.05, 4.69) is 124 Å². The van der Waals surface area contributed by atoms with Crippen molar-refractivity contribution < 1.29 is 9.31 Å².